The summed E-state index contributed by atoms with van der Waals surface area (Å²) in [5, 5.41) is 3.44. The highest BCUT2D eigenvalue weighted by Gasteiger charge is 2.24. The van der Waals surface area contributed by atoms with Gasteiger partial charge in [0.25, 0.3) is 0 Å². The third-order valence-electron chi connectivity index (χ3n) is 3.76. The molecule has 22 heavy (non-hydrogen) atoms. The number of rotatable bonds is 3. The lowest BCUT2D eigenvalue weighted by Gasteiger charge is -2.25. The van der Waals surface area contributed by atoms with Gasteiger partial charge in [-0.05, 0) is 11.1 Å². The number of benzene rings is 2. The molecule has 1 aliphatic rings. The van der Waals surface area contributed by atoms with Crippen molar-refractivity contribution in [3.05, 3.63) is 71.8 Å². The Kier molecular flexibility index (Phi) is 4.19. The predicted molar refractivity (Wildman–Crippen MR) is 87.6 cm³/mol. The Balaban J connectivity index is 1.92. The van der Waals surface area contributed by atoms with Crippen LogP contribution in [0, 0.1) is 0 Å². The quantitative estimate of drug-likeness (QED) is 0.945. The number of nitrogens with zero attached hydrogens (tertiary/aromatic N) is 2. The monoisotopic (exact) mass is 293 g/mol. The topological polar surface area (TPSA) is 44.7 Å². The predicted octanol–water partition coefficient (Wildman–Crippen LogP) is 2.58. The molecule has 4 heteroatoms. The summed E-state index contributed by atoms with van der Waals surface area (Å²) < 4.78 is 0. The minimum absolute atomic E-state index is 0.0172. The first-order valence-electron chi connectivity index (χ1n) is 7.44. The van der Waals surface area contributed by atoms with E-state index in [0.29, 0.717) is 19.0 Å². The van der Waals surface area contributed by atoms with Crippen LogP contribution in [0.15, 0.2) is 65.7 Å². The van der Waals surface area contributed by atoms with Gasteiger partial charge in [0.05, 0.1) is 12.6 Å². The molecule has 0 aliphatic carbocycles. The van der Waals surface area contributed by atoms with Crippen molar-refractivity contribution in [1.82, 2.24) is 10.2 Å². The van der Waals surface area contributed by atoms with Crippen LogP contribution in [0.4, 0.5) is 0 Å². The number of nitrogens with one attached hydrogen (secondary N) is 1. The first-order valence-corrected chi connectivity index (χ1v) is 7.44. The van der Waals surface area contributed by atoms with E-state index in [0.717, 1.165) is 11.1 Å². The molecule has 0 atom stereocenters. The van der Waals surface area contributed by atoms with Crippen LogP contribution >= 0.6 is 0 Å². The maximum absolute atomic E-state index is 11.7. The van der Waals surface area contributed by atoms with E-state index in [1.54, 1.807) is 11.8 Å². The number of carbonyl (C=O) groups is 1. The van der Waals surface area contributed by atoms with Gasteiger partial charge in [-0.3, -0.25) is 14.7 Å². The number of amides is 1. The van der Waals surface area contributed by atoms with Crippen LogP contribution in [0.3, 0.4) is 0 Å². The number of guanidine groups is 1. The summed E-state index contributed by atoms with van der Waals surface area (Å²) in [5.41, 5.74) is 2.29. The van der Waals surface area contributed by atoms with E-state index in [4.69, 9.17) is 0 Å². The Labute approximate surface area is 130 Å². The summed E-state index contributed by atoms with van der Waals surface area (Å²) in [6.07, 6.45) is 0. The van der Waals surface area contributed by atoms with Gasteiger partial charge in [-0.25, -0.2) is 0 Å². The molecule has 2 aromatic rings. The fourth-order valence-corrected chi connectivity index (χ4v) is 2.66. The van der Waals surface area contributed by atoms with Gasteiger partial charge in [-0.1, -0.05) is 60.7 Å². The minimum Gasteiger partial charge on any atom is -0.345 e. The van der Waals surface area contributed by atoms with E-state index in [-0.39, 0.29) is 11.9 Å². The van der Waals surface area contributed by atoms with Crippen molar-refractivity contribution >= 4 is 11.9 Å². The molecule has 4 nitrogen and oxygen atoms in total. The third kappa shape index (κ3) is 3.01. The molecule has 0 radical (unpaired) electrons. The summed E-state index contributed by atoms with van der Waals surface area (Å²) in [6.45, 7) is 2.87. The molecule has 0 saturated carbocycles. The fraction of sp³-hybridized carbons (Fsp3) is 0.222. The van der Waals surface area contributed by atoms with Gasteiger partial charge < -0.3 is 5.32 Å². The zero-order chi connectivity index (χ0) is 15.4. The van der Waals surface area contributed by atoms with Gasteiger partial charge in [0, 0.05) is 13.5 Å². The molecule has 1 aliphatic heterocycles. The Morgan fingerprint density at radius 3 is 2.09 bits per heavy atom. The van der Waals surface area contributed by atoms with E-state index in [9.17, 15) is 4.79 Å². The lowest BCUT2D eigenvalue weighted by Crippen LogP contribution is -2.43. The van der Waals surface area contributed by atoms with E-state index in [1.165, 1.54) is 0 Å². The second-order valence-electron chi connectivity index (χ2n) is 5.27. The van der Waals surface area contributed by atoms with Gasteiger partial charge in [0.1, 0.15) is 0 Å². The zero-order valence-electron chi connectivity index (χ0n) is 12.6. The molecule has 112 valence electrons. The maximum Gasteiger partial charge on any atom is 0.226 e. The van der Waals surface area contributed by atoms with Crippen LogP contribution in [0.5, 0.6) is 0 Å². The highest BCUT2D eigenvalue weighted by Crippen LogP contribution is 2.22. The Bertz CT molecular complexity index is 628. The largest absolute Gasteiger partial charge is 0.345 e. The normalized spacial score (nSPS) is 14.1. The zero-order valence-corrected chi connectivity index (χ0v) is 12.6. The Hall–Kier alpha value is -2.62. The molecular formula is C18H19N3O. The van der Waals surface area contributed by atoms with Gasteiger partial charge in [-0.15, -0.1) is 0 Å². The number of hydrogen-bond acceptors (Lipinski definition) is 3. The van der Waals surface area contributed by atoms with Crippen LogP contribution in [-0.2, 0) is 4.79 Å². The molecule has 0 fully saturated rings. The summed E-state index contributed by atoms with van der Waals surface area (Å²) >= 11 is 0. The van der Waals surface area contributed by atoms with E-state index < -0.39 is 0 Å². The standard InChI is InChI=1S/C18H19N3O/c1-14(22)21-13-12-19-18(21)20-17(15-8-4-2-5-9-15)16-10-6-3-7-11-16/h2-11,17H,12-13H2,1H3,(H,19,20). The molecule has 0 spiro atoms. The molecule has 0 aromatic heterocycles. The lowest BCUT2D eigenvalue weighted by molar-refractivity contribution is -0.124. The average molecular weight is 293 g/mol. The Morgan fingerprint density at radius 1 is 1.05 bits per heavy atom. The highest BCUT2D eigenvalue weighted by molar-refractivity contribution is 5.97. The van der Waals surface area contributed by atoms with Crippen molar-refractivity contribution in [2.45, 2.75) is 13.0 Å². The van der Waals surface area contributed by atoms with Crippen molar-refractivity contribution in [3.8, 4) is 0 Å². The first-order chi connectivity index (χ1) is 10.8. The SMILES string of the molecule is CC(=O)N1CCN=C1NC(c1ccccc1)c1ccccc1. The van der Waals surface area contributed by atoms with Crippen molar-refractivity contribution in [2.24, 2.45) is 4.99 Å². The van der Waals surface area contributed by atoms with Crippen molar-refractivity contribution in [3.63, 3.8) is 0 Å². The van der Waals surface area contributed by atoms with Crippen LogP contribution in [-0.4, -0.2) is 29.9 Å². The number of hydrogen-bond donors (Lipinski definition) is 1. The average Bonchev–Trinajstić information content (AvgIpc) is 3.03. The molecule has 0 unspecified atom stereocenters. The maximum atomic E-state index is 11.7. The highest BCUT2D eigenvalue weighted by atomic mass is 16.2. The summed E-state index contributed by atoms with van der Waals surface area (Å²) in [4.78, 5) is 17.8. The van der Waals surface area contributed by atoms with E-state index >= 15 is 0 Å². The van der Waals surface area contributed by atoms with Crippen LogP contribution in [0.2, 0.25) is 0 Å². The van der Waals surface area contributed by atoms with Gasteiger partial charge in [0.15, 0.2) is 0 Å². The van der Waals surface area contributed by atoms with Crippen molar-refractivity contribution in [1.29, 1.82) is 0 Å². The molecule has 0 bridgehead atoms. The summed E-state index contributed by atoms with van der Waals surface area (Å²) in [7, 11) is 0. The van der Waals surface area contributed by atoms with E-state index in [1.807, 2.05) is 36.4 Å². The number of carbonyl (C=O) groups excluding carboxylic acids is 1. The second-order valence-corrected chi connectivity index (χ2v) is 5.27. The smallest absolute Gasteiger partial charge is 0.226 e. The van der Waals surface area contributed by atoms with Crippen molar-refractivity contribution in [2.75, 3.05) is 13.1 Å². The Morgan fingerprint density at radius 2 is 1.59 bits per heavy atom. The van der Waals surface area contributed by atoms with Crippen LogP contribution in [0.25, 0.3) is 0 Å². The second kappa shape index (κ2) is 6.43. The molecule has 2 aromatic carbocycles. The fourth-order valence-electron chi connectivity index (χ4n) is 2.66. The van der Waals surface area contributed by atoms with E-state index in [2.05, 4.69) is 34.6 Å². The van der Waals surface area contributed by atoms with Crippen LogP contribution in [0.1, 0.15) is 24.1 Å². The van der Waals surface area contributed by atoms with Gasteiger partial charge in [-0.2, -0.15) is 0 Å². The third-order valence-corrected chi connectivity index (χ3v) is 3.76. The van der Waals surface area contributed by atoms with Gasteiger partial charge >= 0.3 is 0 Å². The summed E-state index contributed by atoms with van der Waals surface area (Å²) in [5.74, 6) is 0.675. The summed E-state index contributed by atoms with van der Waals surface area (Å²) in [6, 6.07) is 20.4. The molecule has 3 rings (SSSR count). The van der Waals surface area contributed by atoms with Gasteiger partial charge in [0.2, 0.25) is 11.9 Å². The minimum atomic E-state index is -0.0268. The molecule has 1 amide bonds. The number of aliphatic imine (C=N–C) groups is 1. The van der Waals surface area contributed by atoms with Crippen LogP contribution < -0.4 is 5.32 Å². The first kappa shape index (κ1) is 14.3. The lowest BCUT2D eigenvalue weighted by atomic mass is 9.99. The van der Waals surface area contributed by atoms with Crippen molar-refractivity contribution < 1.29 is 4.79 Å². The molecule has 1 N–H and O–H groups in total. The molecule has 0 saturated heterocycles. The molecule has 1 heterocycles. The molecular weight excluding hydrogens is 274 g/mol.